The number of hydrogen-bond acceptors (Lipinski definition) is 3. The molecule has 0 spiro atoms. The highest BCUT2D eigenvalue weighted by molar-refractivity contribution is 5.76. The average molecular weight is 249 g/mol. The number of ether oxygens (including phenoxy) is 1. The van der Waals surface area contributed by atoms with Gasteiger partial charge in [0, 0.05) is 13.1 Å². The molecule has 0 aliphatic carbocycles. The molecule has 2 atom stereocenters. The predicted octanol–water partition coefficient (Wildman–Crippen LogP) is 1.41. The first kappa shape index (κ1) is 11.6. The van der Waals surface area contributed by atoms with Gasteiger partial charge in [0.15, 0.2) is 0 Å². The Morgan fingerprint density at radius 3 is 3.06 bits per heavy atom. The molecule has 18 heavy (non-hydrogen) atoms. The maximum atomic E-state index is 13.3. The van der Waals surface area contributed by atoms with Crippen LogP contribution in [0.1, 0.15) is 11.7 Å². The molecule has 96 valence electrons. The minimum Gasteiger partial charge on any atom is -0.379 e. The zero-order valence-corrected chi connectivity index (χ0v) is 10.5. The van der Waals surface area contributed by atoms with E-state index in [-0.39, 0.29) is 17.8 Å². The summed E-state index contributed by atoms with van der Waals surface area (Å²) in [7, 11) is 3.85. The van der Waals surface area contributed by atoms with Crippen molar-refractivity contribution in [2.45, 2.75) is 12.0 Å². The monoisotopic (exact) mass is 249 g/mol. The summed E-state index contributed by atoms with van der Waals surface area (Å²) in [6, 6.07) is 4.96. The number of benzene rings is 1. The zero-order valence-electron chi connectivity index (χ0n) is 10.5. The average Bonchev–Trinajstić information content (AvgIpc) is 2.94. The van der Waals surface area contributed by atoms with Gasteiger partial charge < -0.3 is 14.6 Å². The van der Waals surface area contributed by atoms with E-state index in [0.29, 0.717) is 13.2 Å². The lowest BCUT2D eigenvalue weighted by atomic mass is 10.0. The third kappa shape index (κ3) is 1.71. The lowest BCUT2D eigenvalue weighted by molar-refractivity contribution is 0.188. The number of aryl methyl sites for hydroxylation is 1. The summed E-state index contributed by atoms with van der Waals surface area (Å²) < 4.78 is 20.7. The molecule has 4 nitrogen and oxygen atoms in total. The van der Waals surface area contributed by atoms with Gasteiger partial charge in [0.2, 0.25) is 0 Å². The van der Waals surface area contributed by atoms with Gasteiger partial charge in [-0.15, -0.1) is 0 Å². The van der Waals surface area contributed by atoms with Crippen LogP contribution in [0.25, 0.3) is 11.0 Å². The quantitative estimate of drug-likeness (QED) is 0.874. The Morgan fingerprint density at radius 2 is 2.28 bits per heavy atom. The second kappa shape index (κ2) is 4.33. The SMILES string of the molecule is CNC1COCC1c1nc2ccc(F)cc2n1C. The molecule has 2 aromatic rings. The largest absolute Gasteiger partial charge is 0.379 e. The molecule has 3 rings (SSSR count). The molecule has 0 saturated carbocycles. The van der Waals surface area contributed by atoms with Gasteiger partial charge in [0.1, 0.15) is 11.6 Å². The first-order valence-corrected chi connectivity index (χ1v) is 6.07. The maximum absolute atomic E-state index is 13.3. The van der Waals surface area contributed by atoms with E-state index in [1.807, 2.05) is 18.7 Å². The third-order valence-corrected chi connectivity index (χ3v) is 3.66. The highest BCUT2D eigenvalue weighted by Gasteiger charge is 2.31. The van der Waals surface area contributed by atoms with Crippen LogP contribution < -0.4 is 5.32 Å². The van der Waals surface area contributed by atoms with E-state index < -0.39 is 0 Å². The molecule has 1 fully saturated rings. The van der Waals surface area contributed by atoms with Crippen LogP contribution in [0, 0.1) is 5.82 Å². The van der Waals surface area contributed by atoms with Crippen molar-refractivity contribution < 1.29 is 9.13 Å². The van der Waals surface area contributed by atoms with E-state index in [4.69, 9.17) is 4.74 Å². The van der Waals surface area contributed by atoms with Crippen molar-refractivity contribution in [1.82, 2.24) is 14.9 Å². The molecule has 1 aromatic carbocycles. The number of aromatic nitrogens is 2. The molecule has 0 amide bonds. The first-order chi connectivity index (χ1) is 8.70. The van der Waals surface area contributed by atoms with Crippen molar-refractivity contribution in [3.05, 3.63) is 29.8 Å². The minimum atomic E-state index is -0.232. The van der Waals surface area contributed by atoms with Crippen LogP contribution in [-0.4, -0.2) is 35.9 Å². The van der Waals surface area contributed by atoms with Gasteiger partial charge >= 0.3 is 0 Å². The standard InChI is InChI=1S/C13H16FN3O/c1-15-11-7-18-6-9(11)13-16-10-4-3-8(14)5-12(10)17(13)2/h3-5,9,11,15H,6-7H2,1-2H3. The van der Waals surface area contributed by atoms with E-state index >= 15 is 0 Å². The van der Waals surface area contributed by atoms with Gasteiger partial charge in [-0.3, -0.25) is 0 Å². The lowest BCUT2D eigenvalue weighted by Gasteiger charge is -2.16. The summed E-state index contributed by atoms with van der Waals surface area (Å²) in [4.78, 5) is 4.61. The number of imidazole rings is 1. The van der Waals surface area contributed by atoms with Crippen LogP contribution in [-0.2, 0) is 11.8 Å². The van der Waals surface area contributed by atoms with Crippen molar-refractivity contribution in [2.24, 2.45) is 7.05 Å². The van der Waals surface area contributed by atoms with Crippen molar-refractivity contribution in [2.75, 3.05) is 20.3 Å². The smallest absolute Gasteiger partial charge is 0.125 e. The highest BCUT2D eigenvalue weighted by atomic mass is 19.1. The highest BCUT2D eigenvalue weighted by Crippen LogP contribution is 2.27. The van der Waals surface area contributed by atoms with E-state index in [1.54, 1.807) is 6.07 Å². The van der Waals surface area contributed by atoms with E-state index in [0.717, 1.165) is 16.9 Å². The van der Waals surface area contributed by atoms with Gasteiger partial charge in [-0.05, 0) is 25.2 Å². The second-order valence-electron chi connectivity index (χ2n) is 4.70. The molecule has 2 heterocycles. The third-order valence-electron chi connectivity index (χ3n) is 3.66. The minimum absolute atomic E-state index is 0.218. The number of nitrogens with one attached hydrogen (secondary N) is 1. The van der Waals surface area contributed by atoms with E-state index in [2.05, 4.69) is 10.3 Å². The molecule has 1 aliphatic rings. The molecule has 1 aliphatic heterocycles. The molecule has 2 unspecified atom stereocenters. The molecule has 0 radical (unpaired) electrons. The summed E-state index contributed by atoms with van der Waals surface area (Å²) in [5, 5.41) is 3.24. The fraction of sp³-hybridized carbons (Fsp3) is 0.462. The summed E-state index contributed by atoms with van der Waals surface area (Å²) in [6.45, 7) is 1.35. The van der Waals surface area contributed by atoms with Gasteiger partial charge in [0.05, 0.1) is 30.2 Å². The molecule has 1 N–H and O–H groups in total. The number of nitrogens with zero attached hydrogens (tertiary/aromatic N) is 2. The summed E-state index contributed by atoms with van der Waals surface area (Å²) in [5.74, 6) is 0.938. The maximum Gasteiger partial charge on any atom is 0.125 e. The normalized spacial score (nSPS) is 23.9. The lowest BCUT2D eigenvalue weighted by Crippen LogP contribution is -2.32. The molecular formula is C13H16FN3O. The van der Waals surface area contributed by atoms with Crippen molar-refractivity contribution >= 4 is 11.0 Å². The van der Waals surface area contributed by atoms with Crippen LogP contribution in [0.2, 0.25) is 0 Å². The predicted molar refractivity (Wildman–Crippen MR) is 67.1 cm³/mol. The Hall–Kier alpha value is -1.46. The van der Waals surface area contributed by atoms with Gasteiger partial charge in [0.25, 0.3) is 0 Å². The van der Waals surface area contributed by atoms with Crippen molar-refractivity contribution in [3.63, 3.8) is 0 Å². The number of halogens is 1. The van der Waals surface area contributed by atoms with Gasteiger partial charge in [-0.1, -0.05) is 0 Å². The summed E-state index contributed by atoms with van der Waals surface area (Å²) in [6.07, 6.45) is 0. The molecular weight excluding hydrogens is 233 g/mol. The molecule has 1 saturated heterocycles. The van der Waals surface area contributed by atoms with Crippen LogP contribution in [0.3, 0.4) is 0 Å². The Morgan fingerprint density at radius 1 is 1.44 bits per heavy atom. The van der Waals surface area contributed by atoms with Crippen LogP contribution in [0.4, 0.5) is 4.39 Å². The number of likely N-dealkylation sites (N-methyl/N-ethyl adjacent to an activating group) is 1. The van der Waals surface area contributed by atoms with Crippen molar-refractivity contribution in [3.8, 4) is 0 Å². The van der Waals surface area contributed by atoms with E-state index in [1.165, 1.54) is 12.1 Å². The van der Waals surface area contributed by atoms with Crippen LogP contribution >= 0.6 is 0 Å². The topological polar surface area (TPSA) is 39.1 Å². The summed E-state index contributed by atoms with van der Waals surface area (Å²) in [5.41, 5.74) is 1.66. The first-order valence-electron chi connectivity index (χ1n) is 6.07. The number of rotatable bonds is 2. The molecule has 0 bridgehead atoms. The van der Waals surface area contributed by atoms with Gasteiger partial charge in [-0.25, -0.2) is 9.37 Å². The Labute approximate surface area is 105 Å². The molecule has 1 aromatic heterocycles. The summed E-state index contributed by atoms with van der Waals surface area (Å²) >= 11 is 0. The van der Waals surface area contributed by atoms with Crippen LogP contribution in [0.15, 0.2) is 18.2 Å². The van der Waals surface area contributed by atoms with E-state index in [9.17, 15) is 4.39 Å². The Kier molecular flexibility index (Phi) is 2.80. The van der Waals surface area contributed by atoms with Crippen molar-refractivity contribution in [1.29, 1.82) is 0 Å². The van der Waals surface area contributed by atoms with Crippen LogP contribution in [0.5, 0.6) is 0 Å². The fourth-order valence-corrected chi connectivity index (χ4v) is 2.61. The van der Waals surface area contributed by atoms with Gasteiger partial charge in [-0.2, -0.15) is 0 Å². The second-order valence-corrected chi connectivity index (χ2v) is 4.70. The molecule has 5 heteroatoms. The number of fused-ring (bicyclic) bond motifs is 1. The Balaban J connectivity index is 2.09. The zero-order chi connectivity index (χ0) is 12.7. The Bertz CT molecular complexity index is 581. The number of hydrogen-bond donors (Lipinski definition) is 1. The fourth-order valence-electron chi connectivity index (χ4n) is 2.61.